The lowest BCUT2D eigenvalue weighted by molar-refractivity contribution is -0.385. The maximum atomic E-state index is 12.7. The van der Waals surface area contributed by atoms with Crippen molar-refractivity contribution in [1.29, 1.82) is 0 Å². The quantitative estimate of drug-likeness (QED) is 0.271. The van der Waals surface area contributed by atoms with Gasteiger partial charge in [0.05, 0.1) is 22.5 Å². The number of hydrogen-bond acceptors (Lipinski definition) is 7. The number of hydrogen-bond donors (Lipinski definition) is 2. The molecule has 0 unspecified atom stereocenters. The van der Waals surface area contributed by atoms with Gasteiger partial charge in [-0.15, -0.1) is 0 Å². The lowest BCUT2D eigenvalue weighted by atomic mass is 10.2. The summed E-state index contributed by atoms with van der Waals surface area (Å²) >= 11 is 0. The molecule has 0 saturated carbocycles. The van der Waals surface area contributed by atoms with E-state index >= 15 is 0 Å². The van der Waals surface area contributed by atoms with Crippen LogP contribution in [0.15, 0.2) is 88.9 Å². The van der Waals surface area contributed by atoms with E-state index in [0.717, 1.165) is 0 Å². The third-order valence-corrected chi connectivity index (χ3v) is 5.86. The van der Waals surface area contributed by atoms with Crippen LogP contribution in [-0.2, 0) is 10.0 Å². The Kier molecular flexibility index (Phi) is 7.72. The number of rotatable bonds is 9. The highest BCUT2D eigenvalue weighted by Gasteiger charge is 2.16. The highest BCUT2D eigenvalue weighted by molar-refractivity contribution is 7.92. The highest BCUT2D eigenvalue weighted by atomic mass is 32.2. The number of allylic oxidation sites excluding steroid dienone is 1. The Morgan fingerprint density at radius 1 is 1.06 bits per heavy atom. The topological polar surface area (TPSA) is 140 Å². The Bertz CT molecular complexity index is 1350. The summed E-state index contributed by atoms with van der Waals surface area (Å²) in [5.41, 5.74) is 3.02. The van der Waals surface area contributed by atoms with E-state index in [1.807, 2.05) is 0 Å². The first-order valence-corrected chi connectivity index (χ1v) is 11.3. The van der Waals surface area contributed by atoms with E-state index in [9.17, 15) is 23.3 Å². The lowest BCUT2D eigenvalue weighted by Crippen LogP contribution is -2.19. The van der Waals surface area contributed by atoms with E-state index < -0.39 is 20.9 Å². The second-order valence-corrected chi connectivity index (χ2v) is 8.44. The number of benzene rings is 3. The van der Waals surface area contributed by atoms with Crippen molar-refractivity contribution in [3.8, 4) is 5.75 Å². The van der Waals surface area contributed by atoms with Crippen molar-refractivity contribution in [2.75, 3.05) is 11.8 Å². The monoisotopic (exact) mass is 480 g/mol. The predicted molar refractivity (Wildman–Crippen MR) is 128 cm³/mol. The zero-order valence-corrected chi connectivity index (χ0v) is 18.7. The number of para-hydroxylation sites is 1. The number of ether oxygens (including phenoxy) is 1. The Balaban J connectivity index is 1.65. The van der Waals surface area contributed by atoms with Gasteiger partial charge in [0.1, 0.15) is 5.75 Å². The van der Waals surface area contributed by atoms with Crippen molar-refractivity contribution in [3.05, 3.63) is 100 Å². The van der Waals surface area contributed by atoms with Gasteiger partial charge in [0, 0.05) is 23.5 Å². The van der Waals surface area contributed by atoms with Gasteiger partial charge in [0.25, 0.3) is 21.6 Å². The summed E-state index contributed by atoms with van der Waals surface area (Å²) in [6, 6.07) is 18.0. The number of carbonyl (C=O) groups excluding carboxylic acids is 1. The van der Waals surface area contributed by atoms with Crippen molar-refractivity contribution >= 4 is 39.6 Å². The maximum Gasteiger partial charge on any atom is 0.276 e. The molecule has 11 heteroatoms. The lowest BCUT2D eigenvalue weighted by Gasteiger charge is -2.09. The van der Waals surface area contributed by atoms with Crippen molar-refractivity contribution in [1.82, 2.24) is 5.43 Å². The van der Waals surface area contributed by atoms with E-state index in [0.29, 0.717) is 17.0 Å². The molecule has 0 heterocycles. The second kappa shape index (κ2) is 10.9. The SMILES string of the molecule is COc1ccc(NS(=O)(=O)c2cccc(C(=O)N/N=C/C=C/c3ccccc3[N+](=O)[O-])c2)cc1. The van der Waals surface area contributed by atoms with Crippen LogP contribution in [0, 0.1) is 10.1 Å². The van der Waals surface area contributed by atoms with Gasteiger partial charge in [-0.3, -0.25) is 19.6 Å². The van der Waals surface area contributed by atoms with Gasteiger partial charge in [-0.05, 0) is 60.7 Å². The average Bonchev–Trinajstić information content (AvgIpc) is 2.84. The summed E-state index contributed by atoms with van der Waals surface area (Å²) in [6.07, 6.45) is 4.16. The van der Waals surface area contributed by atoms with Crippen LogP contribution in [0.5, 0.6) is 5.75 Å². The molecule has 0 aliphatic carbocycles. The van der Waals surface area contributed by atoms with Gasteiger partial charge in [0.15, 0.2) is 0 Å². The highest BCUT2D eigenvalue weighted by Crippen LogP contribution is 2.20. The minimum absolute atomic E-state index is 0.0579. The number of carbonyl (C=O) groups is 1. The van der Waals surface area contributed by atoms with Crippen LogP contribution >= 0.6 is 0 Å². The van der Waals surface area contributed by atoms with Crippen molar-refractivity contribution in [2.45, 2.75) is 4.90 Å². The fourth-order valence-corrected chi connectivity index (χ4v) is 3.93. The van der Waals surface area contributed by atoms with Crippen LogP contribution < -0.4 is 14.9 Å². The van der Waals surface area contributed by atoms with Crippen LogP contribution in [-0.4, -0.2) is 32.6 Å². The Morgan fingerprint density at radius 2 is 1.79 bits per heavy atom. The number of amides is 1. The van der Waals surface area contributed by atoms with Gasteiger partial charge >= 0.3 is 0 Å². The summed E-state index contributed by atoms with van der Waals surface area (Å²) in [4.78, 5) is 22.8. The first-order chi connectivity index (χ1) is 16.3. The molecule has 3 aromatic carbocycles. The average molecular weight is 481 g/mol. The zero-order valence-electron chi connectivity index (χ0n) is 17.9. The summed E-state index contributed by atoms with van der Waals surface area (Å²) < 4.78 is 32.8. The normalized spacial score (nSPS) is 11.4. The summed E-state index contributed by atoms with van der Waals surface area (Å²) in [5, 5.41) is 14.8. The van der Waals surface area contributed by atoms with E-state index in [1.165, 1.54) is 55.8 Å². The number of nitrogens with one attached hydrogen (secondary N) is 2. The molecule has 0 aliphatic heterocycles. The van der Waals surface area contributed by atoms with Crippen LogP contribution in [0.4, 0.5) is 11.4 Å². The number of sulfonamides is 1. The van der Waals surface area contributed by atoms with Crippen molar-refractivity contribution < 1.29 is 22.9 Å². The van der Waals surface area contributed by atoms with Crippen LogP contribution in [0.25, 0.3) is 6.08 Å². The van der Waals surface area contributed by atoms with Gasteiger partial charge in [0.2, 0.25) is 0 Å². The molecule has 0 fully saturated rings. The van der Waals surface area contributed by atoms with Crippen LogP contribution in [0.3, 0.4) is 0 Å². The van der Waals surface area contributed by atoms with E-state index in [4.69, 9.17) is 4.74 Å². The Hall–Kier alpha value is -4.51. The number of nitro benzene ring substituents is 1. The number of nitrogens with zero attached hydrogens (tertiary/aromatic N) is 2. The smallest absolute Gasteiger partial charge is 0.276 e. The molecule has 174 valence electrons. The molecule has 0 saturated heterocycles. The van der Waals surface area contributed by atoms with Crippen molar-refractivity contribution in [2.24, 2.45) is 5.10 Å². The minimum Gasteiger partial charge on any atom is -0.497 e. The van der Waals surface area contributed by atoms with Crippen LogP contribution in [0.2, 0.25) is 0 Å². The molecule has 2 N–H and O–H groups in total. The fourth-order valence-electron chi connectivity index (χ4n) is 2.82. The molecule has 0 atom stereocenters. The first-order valence-electron chi connectivity index (χ1n) is 9.80. The molecule has 0 bridgehead atoms. The fraction of sp³-hybridized carbons (Fsp3) is 0.0435. The number of hydrazone groups is 1. The van der Waals surface area contributed by atoms with E-state index in [-0.39, 0.29) is 16.1 Å². The minimum atomic E-state index is -3.94. The Labute approximate surface area is 195 Å². The summed E-state index contributed by atoms with van der Waals surface area (Å²) in [5.74, 6) is -0.0455. The molecule has 0 spiro atoms. The molecular weight excluding hydrogens is 460 g/mol. The number of anilines is 1. The van der Waals surface area contributed by atoms with Gasteiger partial charge < -0.3 is 4.74 Å². The molecular formula is C23H20N4O6S. The van der Waals surface area contributed by atoms with Gasteiger partial charge in [-0.25, -0.2) is 13.8 Å². The molecule has 0 aromatic heterocycles. The summed E-state index contributed by atoms with van der Waals surface area (Å²) in [6.45, 7) is 0. The summed E-state index contributed by atoms with van der Waals surface area (Å²) in [7, 11) is -2.43. The molecule has 3 aromatic rings. The molecule has 34 heavy (non-hydrogen) atoms. The van der Waals surface area contributed by atoms with Crippen LogP contribution in [0.1, 0.15) is 15.9 Å². The van der Waals surface area contributed by atoms with E-state index in [2.05, 4.69) is 15.2 Å². The third kappa shape index (κ3) is 6.26. The molecule has 10 nitrogen and oxygen atoms in total. The molecule has 3 rings (SSSR count). The number of methoxy groups -OCH3 is 1. The molecule has 0 aliphatic rings. The molecule has 0 radical (unpaired) electrons. The predicted octanol–water partition coefficient (Wildman–Crippen LogP) is 3.83. The number of nitro groups is 1. The third-order valence-electron chi connectivity index (χ3n) is 4.48. The largest absolute Gasteiger partial charge is 0.497 e. The molecule has 1 amide bonds. The Morgan fingerprint density at radius 3 is 2.50 bits per heavy atom. The second-order valence-electron chi connectivity index (χ2n) is 6.76. The van der Waals surface area contributed by atoms with E-state index in [1.54, 1.807) is 42.5 Å². The maximum absolute atomic E-state index is 12.7. The first kappa shape index (κ1) is 24.1. The van der Waals surface area contributed by atoms with Crippen molar-refractivity contribution in [3.63, 3.8) is 0 Å². The van der Waals surface area contributed by atoms with Gasteiger partial charge in [-0.1, -0.05) is 18.2 Å². The van der Waals surface area contributed by atoms with Gasteiger partial charge in [-0.2, -0.15) is 5.10 Å². The standard InChI is InChI=1S/C23H20N4O6S/c1-33-20-13-11-19(12-14-20)26-34(31,32)21-9-4-7-18(16-21)23(28)25-24-15-5-8-17-6-2-3-10-22(17)27(29)30/h2-16,26H,1H3,(H,25,28)/b8-5+,24-15+. The zero-order chi connectivity index (χ0) is 24.6.